The molecule has 13 heteroatoms. The topological polar surface area (TPSA) is 127 Å². The summed E-state index contributed by atoms with van der Waals surface area (Å²) in [7, 11) is -5.83. The molecule has 0 radical (unpaired) electrons. The van der Waals surface area contributed by atoms with Crippen molar-refractivity contribution in [3.63, 3.8) is 0 Å². The molecule has 188 valence electrons. The van der Waals surface area contributed by atoms with Crippen molar-refractivity contribution in [2.75, 3.05) is 0 Å². The van der Waals surface area contributed by atoms with E-state index in [1.807, 2.05) is 0 Å². The average Bonchev–Trinajstić information content (AvgIpc) is 3.21. The van der Waals surface area contributed by atoms with E-state index in [9.17, 15) is 31.6 Å². The van der Waals surface area contributed by atoms with E-state index in [1.54, 1.807) is 46.4 Å². The first-order valence-corrected chi connectivity index (χ1v) is 12.8. The number of carbonyl (C=O) groups is 3. The third-order valence-electron chi connectivity index (χ3n) is 6.19. The zero-order valence-corrected chi connectivity index (χ0v) is 21.0. The monoisotopic (exact) mass is 513 g/mol. The van der Waals surface area contributed by atoms with E-state index in [0.717, 1.165) is 0 Å². The van der Waals surface area contributed by atoms with Crippen LogP contribution in [-0.4, -0.2) is 75.3 Å². The number of likely N-dealkylation sites (tertiary alicyclic amines) is 1. The Bertz CT molecular complexity index is 972. The highest BCUT2D eigenvalue weighted by Gasteiger charge is 2.73. The van der Waals surface area contributed by atoms with Gasteiger partial charge in [-0.3, -0.25) is 18.9 Å². The lowest BCUT2D eigenvalue weighted by molar-refractivity contribution is -0.172. The SMILES string of the molecule is CC(OC(=O)C1C2SC3C1C(=O)N(C(C)(C)C)C3C2OC(=O)C(C)(C)C)C(F)(F)S(=O)(=O)O. The lowest BCUT2D eigenvalue weighted by Crippen LogP contribution is -2.55. The molecule has 2 bridgehead atoms. The maximum absolute atomic E-state index is 14.0. The molecule has 1 amide bonds. The fraction of sp³-hybridized carbons (Fsp3) is 0.850. The molecule has 9 nitrogen and oxygen atoms in total. The lowest BCUT2D eigenvalue weighted by atomic mass is 9.78. The van der Waals surface area contributed by atoms with Crippen molar-refractivity contribution in [1.82, 2.24) is 4.90 Å². The van der Waals surface area contributed by atoms with Gasteiger partial charge in [0.15, 0.2) is 6.10 Å². The van der Waals surface area contributed by atoms with Gasteiger partial charge >= 0.3 is 27.3 Å². The number of hydrogen-bond acceptors (Lipinski definition) is 8. The zero-order valence-electron chi connectivity index (χ0n) is 19.4. The summed E-state index contributed by atoms with van der Waals surface area (Å²) in [6, 6.07) is -0.496. The molecule has 7 atom stereocenters. The number of halogens is 2. The summed E-state index contributed by atoms with van der Waals surface area (Å²) in [6.07, 6.45) is -3.37. The van der Waals surface area contributed by atoms with Crippen LogP contribution < -0.4 is 0 Å². The number of carbonyl (C=O) groups excluding carboxylic acids is 3. The van der Waals surface area contributed by atoms with Gasteiger partial charge in [-0.2, -0.15) is 17.2 Å². The number of amides is 1. The second kappa shape index (κ2) is 7.77. The quantitative estimate of drug-likeness (QED) is 0.434. The minimum Gasteiger partial charge on any atom is -0.459 e. The molecule has 0 spiro atoms. The molecule has 1 N–H and O–H groups in total. The van der Waals surface area contributed by atoms with Crippen molar-refractivity contribution >= 4 is 39.7 Å². The molecule has 3 fully saturated rings. The van der Waals surface area contributed by atoms with E-state index >= 15 is 0 Å². The van der Waals surface area contributed by atoms with Gasteiger partial charge in [-0.1, -0.05) is 0 Å². The first-order chi connectivity index (χ1) is 14.7. The molecule has 0 saturated carbocycles. The van der Waals surface area contributed by atoms with E-state index < -0.39 is 78.9 Å². The molecule has 3 heterocycles. The highest BCUT2D eigenvalue weighted by molar-refractivity contribution is 8.01. The van der Waals surface area contributed by atoms with Crippen molar-refractivity contribution in [2.45, 2.75) is 88.0 Å². The van der Waals surface area contributed by atoms with E-state index in [2.05, 4.69) is 0 Å². The Labute approximate surface area is 195 Å². The summed E-state index contributed by atoms with van der Waals surface area (Å²) < 4.78 is 69.3. The van der Waals surface area contributed by atoms with Gasteiger partial charge in [0, 0.05) is 10.8 Å². The van der Waals surface area contributed by atoms with Gasteiger partial charge in [-0.25, -0.2) is 0 Å². The number of hydrogen-bond donors (Lipinski definition) is 1. The molecule has 0 aromatic heterocycles. The van der Waals surface area contributed by atoms with Gasteiger partial charge in [0.2, 0.25) is 5.91 Å². The first-order valence-electron chi connectivity index (χ1n) is 10.5. The van der Waals surface area contributed by atoms with Crippen LogP contribution in [0, 0.1) is 17.3 Å². The van der Waals surface area contributed by atoms with Gasteiger partial charge in [-0.15, -0.1) is 11.8 Å². The van der Waals surface area contributed by atoms with E-state index in [0.29, 0.717) is 6.92 Å². The molecule has 3 aliphatic heterocycles. The second-order valence-corrected chi connectivity index (χ2v) is 13.6. The van der Waals surface area contributed by atoms with Gasteiger partial charge in [-0.05, 0) is 48.5 Å². The van der Waals surface area contributed by atoms with Gasteiger partial charge < -0.3 is 14.4 Å². The number of fused-ring (bicyclic) bond motifs is 1. The second-order valence-electron chi connectivity index (χ2n) is 10.7. The Morgan fingerprint density at radius 3 is 2.12 bits per heavy atom. The molecule has 7 unspecified atom stereocenters. The van der Waals surface area contributed by atoms with Crippen LogP contribution in [0.15, 0.2) is 0 Å². The highest BCUT2D eigenvalue weighted by Crippen LogP contribution is 2.61. The number of nitrogens with zero attached hydrogens (tertiary/aromatic N) is 1. The first kappa shape index (κ1) is 26.1. The summed E-state index contributed by atoms with van der Waals surface area (Å²) in [5.74, 6) is -4.21. The summed E-state index contributed by atoms with van der Waals surface area (Å²) in [5.41, 5.74) is -1.52. The molecular formula is C20H29F2NO8S2. The number of rotatable bonds is 5. The van der Waals surface area contributed by atoms with Crippen molar-refractivity contribution < 1.29 is 45.6 Å². The van der Waals surface area contributed by atoms with Gasteiger partial charge in [0.05, 0.1) is 28.5 Å². The van der Waals surface area contributed by atoms with Gasteiger partial charge in [0.25, 0.3) is 0 Å². The maximum Gasteiger partial charge on any atom is 0.405 e. The Morgan fingerprint density at radius 2 is 1.67 bits per heavy atom. The Morgan fingerprint density at radius 1 is 1.12 bits per heavy atom. The average molecular weight is 514 g/mol. The number of thioether (sulfide) groups is 1. The normalized spacial score (nSPS) is 32.8. The number of esters is 2. The fourth-order valence-corrected chi connectivity index (χ4v) is 7.18. The number of alkyl halides is 2. The van der Waals surface area contributed by atoms with Crippen molar-refractivity contribution in [1.29, 1.82) is 0 Å². The van der Waals surface area contributed by atoms with E-state index in [4.69, 9.17) is 14.0 Å². The van der Waals surface area contributed by atoms with Crippen molar-refractivity contribution in [2.24, 2.45) is 17.3 Å². The van der Waals surface area contributed by atoms with Crippen LogP contribution in [0.1, 0.15) is 48.5 Å². The zero-order chi connectivity index (χ0) is 25.5. The molecular weight excluding hydrogens is 484 g/mol. The molecule has 0 aromatic rings. The Balaban J connectivity index is 1.95. The Hall–Kier alpha value is -1.47. The Kier molecular flexibility index (Phi) is 6.16. The lowest BCUT2D eigenvalue weighted by Gasteiger charge is -2.40. The molecule has 3 saturated heterocycles. The van der Waals surface area contributed by atoms with Crippen LogP contribution in [-0.2, 0) is 34.0 Å². The fourth-order valence-electron chi connectivity index (χ4n) is 4.64. The molecule has 33 heavy (non-hydrogen) atoms. The summed E-state index contributed by atoms with van der Waals surface area (Å²) in [6.45, 7) is 11.0. The van der Waals surface area contributed by atoms with Crippen LogP contribution in [0.5, 0.6) is 0 Å². The smallest absolute Gasteiger partial charge is 0.405 e. The van der Waals surface area contributed by atoms with E-state index in [-0.39, 0.29) is 5.91 Å². The third kappa shape index (κ3) is 4.13. The predicted octanol–water partition coefficient (Wildman–Crippen LogP) is 2.10. The molecule has 3 rings (SSSR count). The van der Waals surface area contributed by atoms with Gasteiger partial charge in [0.1, 0.15) is 6.10 Å². The van der Waals surface area contributed by atoms with Crippen LogP contribution in [0.2, 0.25) is 0 Å². The minimum atomic E-state index is -5.83. The maximum atomic E-state index is 14.0. The van der Waals surface area contributed by atoms with Crippen LogP contribution in [0.25, 0.3) is 0 Å². The number of ether oxygens (including phenoxy) is 2. The largest absolute Gasteiger partial charge is 0.459 e. The highest BCUT2D eigenvalue weighted by atomic mass is 32.2. The van der Waals surface area contributed by atoms with Crippen molar-refractivity contribution in [3.8, 4) is 0 Å². The van der Waals surface area contributed by atoms with Crippen LogP contribution in [0.4, 0.5) is 8.78 Å². The summed E-state index contributed by atoms with van der Waals surface area (Å²) >= 11 is 1.28. The van der Waals surface area contributed by atoms with Crippen molar-refractivity contribution in [3.05, 3.63) is 0 Å². The third-order valence-corrected chi connectivity index (χ3v) is 8.97. The standard InChI is InChI=1S/C20H29F2NO8S2/c1-8(20(21,22)33(27,28)29)30-16(25)10-9-13-11(23(15(9)24)19(5,6)7)12(14(10)32-13)31-17(26)18(2,3)4/h8-14H,1-7H3,(H,27,28,29). The van der Waals surface area contributed by atoms with Crippen LogP contribution in [0.3, 0.4) is 0 Å². The summed E-state index contributed by atoms with van der Waals surface area (Å²) in [5, 5.41) is -5.88. The molecule has 0 aliphatic carbocycles. The van der Waals surface area contributed by atoms with Crippen LogP contribution >= 0.6 is 11.8 Å². The minimum absolute atomic E-state index is 0.377. The van der Waals surface area contributed by atoms with E-state index in [1.165, 1.54) is 11.8 Å². The molecule has 3 aliphatic rings. The molecule has 0 aromatic carbocycles. The summed E-state index contributed by atoms with van der Waals surface area (Å²) in [4.78, 5) is 40.6. The predicted molar refractivity (Wildman–Crippen MR) is 114 cm³/mol.